The molecule has 0 radical (unpaired) electrons. The Morgan fingerprint density at radius 3 is 2.76 bits per heavy atom. The highest BCUT2D eigenvalue weighted by molar-refractivity contribution is 6.28. The number of carbonyl (C=O) groups excluding carboxylic acids is 2. The van der Waals surface area contributed by atoms with Crippen LogP contribution in [0.4, 0.5) is 24.7 Å². The summed E-state index contributed by atoms with van der Waals surface area (Å²) < 4.78 is 39.9. The molecule has 1 saturated heterocycles. The summed E-state index contributed by atoms with van der Waals surface area (Å²) in [7, 11) is 0. The summed E-state index contributed by atoms with van der Waals surface area (Å²) in [6.45, 7) is 2.28. The van der Waals surface area contributed by atoms with E-state index >= 15 is 0 Å². The summed E-state index contributed by atoms with van der Waals surface area (Å²) in [6, 6.07) is 2.99. The monoisotopic (exact) mass is 551 g/mol. The van der Waals surface area contributed by atoms with Crippen LogP contribution in [0.5, 0.6) is 0 Å². The number of ketones is 1. The first-order valence-corrected chi connectivity index (χ1v) is 13.5. The van der Waals surface area contributed by atoms with Gasteiger partial charge in [0.25, 0.3) is 0 Å². The molecular weight excluding hydrogens is 519 g/mol. The van der Waals surface area contributed by atoms with Crippen LogP contribution in [0.1, 0.15) is 80.3 Å². The van der Waals surface area contributed by atoms with E-state index in [1.54, 1.807) is 6.92 Å². The number of alkyl halides is 3. The molecule has 206 valence electrons. The molecule has 0 saturated carbocycles. The number of hydrogen-bond acceptors (Lipinski definition) is 6. The first kappa shape index (κ1) is 28.1. The number of anilines is 2. The molecule has 1 aliphatic heterocycles. The van der Waals surface area contributed by atoms with Crippen molar-refractivity contribution in [3.8, 4) is 0 Å². The standard InChI is InChI=1S/C27H33ClF3N5O2/c1-15(18-12-19(27(29,30)31)14-20(32)13-18)34-25-21-11-16(5-7-22(21)35-26(28)36-25)6-8-23(37)17-3-2-4-24(38)33-10-9-17/h12-17H,2-11,32H2,1H3,(H,33,38)(H,34,35,36)/t15-,16?,17?/m1/s1. The average molecular weight is 552 g/mol. The molecule has 1 aromatic carbocycles. The fourth-order valence-electron chi connectivity index (χ4n) is 5.40. The van der Waals surface area contributed by atoms with Gasteiger partial charge in [-0.25, -0.2) is 9.97 Å². The van der Waals surface area contributed by atoms with Crippen LogP contribution in [0, 0.1) is 11.8 Å². The van der Waals surface area contributed by atoms with Crippen LogP contribution in [0.25, 0.3) is 0 Å². The first-order valence-electron chi connectivity index (χ1n) is 13.1. The lowest BCUT2D eigenvalue weighted by atomic mass is 9.81. The minimum Gasteiger partial charge on any atom is -0.399 e. The highest BCUT2D eigenvalue weighted by atomic mass is 35.5. The number of aryl methyl sites for hydroxylation is 1. The van der Waals surface area contributed by atoms with Crippen LogP contribution in [0.2, 0.25) is 5.28 Å². The van der Waals surface area contributed by atoms with E-state index in [0.29, 0.717) is 50.0 Å². The summed E-state index contributed by atoms with van der Waals surface area (Å²) in [6.07, 6.45) is 1.54. The normalized spacial score (nSPS) is 21.0. The zero-order valence-corrected chi connectivity index (χ0v) is 22.1. The van der Waals surface area contributed by atoms with Crippen molar-refractivity contribution in [3.05, 3.63) is 45.9 Å². The minimum absolute atomic E-state index is 0.0217. The van der Waals surface area contributed by atoms with Gasteiger partial charge in [0, 0.05) is 36.6 Å². The van der Waals surface area contributed by atoms with E-state index in [0.717, 1.165) is 49.1 Å². The van der Waals surface area contributed by atoms with Crippen molar-refractivity contribution in [1.82, 2.24) is 15.3 Å². The molecule has 2 heterocycles. The van der Waals surface area contributed by atoms with E-state index in [2.05, 4.69) is 20.6 Å². The van der Waals surface area contributed by atoms with Crippen LogP contribution < -0.4 is 16.4 Å². The lowest BCUT2D eigenvalue weighted by Gasteiger charge is -2.27. The van der Waals surface area contributed by atoms with E-state index in [4.69, 9.17) is 17.3 Å². The lowest BCUT2D eigenvalue weighted by Crippen LogP contribution is -2.30. The zero-order chi connectivity index (χ0) is 27.4. The maximum absolute atomic E-state index is 13.3. The van der Waals surface area contributed by atoms with Crippen molar-refractivity contribution in [2.75, 3.05) is 17.6 Å². The molecule has 38 heavy (non-hydrogen) atoms. The number of carbonyl (C=O) groups is 2. The van der Waals surface area contributed by atoms with Crippen LogP contribution >= 0.6 is 11.6 Å². The third kappa shape index (κ3) is 7.15. The van der Waals surface area contributed by atoms with Gasteiger partial charge in [-0.1, -0.05) is 0 Å². The smallest absolute Gasteiger partial charge is 0.399 e. The molecule has 1 fully saturated rings. The molecule has 1 amide bonds. The Morgan fingerprint density at radius 1 is 1.21 bits per heavy atom. The number of amides is 1. The molecule has 4 N–H and O–H groups in total. The average Bonchev–Trinajstić information content (AvgIpc) is 2.83. The number of nitrogens with zero attached hydrogens (tertiary/aromatic N) is 2. The van der Waals surface area contributed by atoms with Gasteiger partial charge < -0.3 is 16.4 Å². The van der Waals surface area contributed by atoms with Crippen molar-refractivity contribution in [2.24, 2.45) is 11.8 Å². The molecule has 2 unspecified atom stereocenters. The highest BCUT2D eigenvalue weighted by Crippen LogP contribution is 2.36. The number of rotatable bonds is 7. The van der Waals surface area contributed by atoms with Gasteiger partial charge in [0.2, 0.25) is 11.2 Å². The minimum atomic E-state index is -4.50. The van der Waals surface area contributed by atoms with Gasteiger partial charge in [-0.05, 0) is 93.2 Å². The molecule has 2 aromatic rings. The molecule has 11 heteroatoms. The maximum atomic E-state index is 13.3. The van der Waals surface area contributed by atoms with Crippen molar-refractivity contribution < 1.29 is 22.8 Å². The van der Waals surface area contributed by atoms with Crippen LogP contribution in [0.15, 0.2) is 18.2 Å². The Kier molecular flexibility index (Phi) is 8.80. The van der Waals surface area contributed by atoms with Gasteiger partial charge >= 0.3 is 6.18 Å². The quantitative estimate of drug-likeness (QED) is 0.302. The number of aromatic nitrogens is 2. The molecule has 7 nitrogen and oxygen atoms in total. The maximum Gasteiger partial charge on any atom is 0.416 e. The number of nitrogens with one attached hydrogen (secondary N) is 2. The predicted octanol–water partition coefficient (Wildman–Crippen LogP) is 5.66. The van der Waals surface area contributed by atoms with E-state index in [1.165, 1.54) is 6.07 Å². The number of fused-ring (bicyclic) bond motifs is 1. The third-order valence-electron chi connectivity index (χ3n) is 7.53. The summed E-state index contributed by atoms with van der Waals surface area (Å²) in [5.74, 6) is 1.02. The van der Waals surface area contributed by atoms with Crippen molar-refractivity contribution in [3.63, 3.8) is 0 Å². The van der Waals surface area contributed by atoms with Crippen LogP contribution in [-0.4, -0.2) is 28.2 Å². The van der Waals surface area contributed by atoms with E-state index in [-0.39, 0.29) is 34.5 Å². The predicted molar refractivity (Wildman–Crippen MR) is 140 cm³/mol. The van der Waals surface area contributed by atoms with Crippen molar-refractivity contribution >= 4 is 34.8 Å². The molecule has 3 atom stereocenters. The summed E-state index contributed by atoms with van der Waals surface area (Å²) in [4.78, 5) is 33.2. The lowest BCUT2D eigenvalue weighted by molar-refractivity contribution is -0.137. The largest absolute Gasteiger partial charge is 0.416 e. The fraction of sp³-hybridized carbons (Fsp3) is 0.556. The van der Waals surface area contributed by atoms with E-state index < -0.39 is 17.8 Å². The Labute approximate surface area is 225 Å². The van der Waals surface area contributed by atoms with Gasteiger partial charge in [0.05, 0.1) is 17.3 Å². The highest BCUT2D eigenvalue weighted by Gasteiger charge is 2.32. The summed E-state index contributed by atoms with van der Waals surface area (Å²) in [5, 5.41) is 6.15. The van der Waals surface area contributed by atoms with Crippen LogP contribution in [0.3, 0.4) is 0 Å². The van der Waals surface area contributed by atoms with Gasteiger partial charge in [0.15, 0.2) is 0 Å². The van der Waals surface area contributed by atoms with Gasteiger partial charge in [-0.15, -0.1) is 0 Å². The number of benzene rings is 1. The summed E-state index contributed by atoms with van der Waals surface area (Å²) in [5.41, 5.74) is 7.07. The van der Waals surface area contributed by atoms with Crippen LogP contribution in [-0.2, 0) is 28.6 Å². The first-order chi connectivity index (χ1) is 18.0. The molecule has 1 aliphatic carbocycles. The van der Waals surface area contributed by atoms with Crippen molar-refractivity contribution in [2.45, 2.75) is 76.9 Å². The second kappa shape index (κ2) is 11.9. The number of nitrogen functional groups attached to an aromatic ring is 1. The van der Waals surface area contributed by atoms with Gasteiger partial charge in [-0.2, -0.15) is 13.2 Å². The summed E-state index contributed by atoms with van der Waals surface area (Å²) >= 11 is 6.18. The molecular formula is C27H33ClF3N5O2. The Balaban J connectivity index is 1.43. The molecule has 2 aliphatic rings. The molecule has 4 rings (SSSR count). The number of nitrogens with two attached hydrogens (primary N) is 1. The van der Waals surface area contributed by atoms with E-state index in [9.17, 15) is 22.8 Å². The zero-order valence-electron chi connectivity index (χ0n) is 21.3. The number of Topliss-reactive ketones (excluding diaryl/α,β-unsaturated/α-hetero) is 1. The number of halogens is 4. The Hall–Kier alpha value is -2.88. The molecule has 0 spiro atoms. The Bertz CT molecular complexity index is 1180. The second-order valence-corrected chi connectivity index (χ2v) is 10.7. The molecule has 0 bridgehead atoms. The van der Waals surface area contributed by atoms with Gasteiger partial charge in [-0.3, -0.25) is 9.59 Å². The van der Waals surface area contributed by atoms with E-state index in [1.807, 2.05) is 0 Å². The molecule has 1 aromatic heterocycles. The number of hydrogen-bond donors (Lipinski definition) is 3. The van der Waals surface area contributed by atoms with Crippen molar-refractivity contribution in [1.29, 1.82) is 0 Å². The van der Waals surface area contributed by atoms with Gasteiger partial charge in [0.1, 0.15) is 11.6 Å². The fourth-order valence-corrected chi connectivity index (χ4v) is 5.58. The SMILES string of the molecule is C[C@@H](Nc1nc(Cl)nc2c1CC(CCC(=O)C1CCCC(=O)NCC1)CC2)c1cc(N)cc(C(F)(F)F)c1. The second-order valence-electron chi connectivity index (χ2n) is 10.4. The topological polar surface area (TPSA) is 110 Å². The third-order valence-corrected chi connectivity index (χ3v) is 7.70. The Morgan fingerprint density at radius 2 is 2.00 bits per heavy atom.